The van der Waals surface area contributed by atoms with Gasteiger partial charge in [0.15, 0.2) is 9.84 Å². The van der Waals surface area contributed by atoms with Crippen LogP contribution in [0.15, 0.2) is 28.0 Å². The van der Waals surface area contributed by atoms with Gasteiger partial charge in [0.2, 0.25) is 0 Å². The van der Waals surface area contributed by atoms with E-state index in [1.807, 2.05) is 6.26 Å². The van der Waals surface area contributed by atoms with Crippen LogP contribution < -0.4 is 0 Å². The predicted molar refractivity (Wildman–Crippen MR) is 65.7 cm³/mol. The molecule has 0 aromatic heterocycles. The summed E-state index contributed by atoms with van der Waals surface area (Å²) in [6.45, 7) is 1.49. The van der Waals surface area contributed by atoms with Gasteiger partial charge in [-0.25, -0.2) is 8.42 Å². The Kier molecular flexibility index (Phi) is 4.15. The first kappa shape index (κ1) is 13.3. The Bertz CT molecular complexity index is 504. The van der Waals surface area contributed by atoms with E-state index in [0.29, 0.717) is 4.90 Å². The Morgan fingerprint density at radius 2 is 2.00 bits per heavy atom. The topological polar surface area (TPSA) is 51.2 Å². The van der Waals surface area contributed by atoms with Crippen LogP contribution in [0.1, 0.15) is 12.5 Å². The molecule has 0 atom stereocenters. The average molecular weight is 258 g/mol. The van der Waals surface area contributed by atoms with Gasteiger partial charge in [-0.05, 0) is 30.9 Å². The third-order valence-electron chi connectivity index (χ3n) is 2.08. The average Bonchev–Trinajstić information content (AvgIpc) is 2.15. The number of benzene rings is 1. The Morgan fingerprint density at radius 1 is 1.38 bits per heavy atom. The van der Waals surface area contributed by atoms with Gasteiger partial charge in [-0.15, -0.1) is 11.8 Å². The van der Waals surface area contributed by atoms with Gasteiger partial charge < -0.3 is 0 Å². The van der Waals surface area contributed by atoms with Crippen LogP contribution in [0.5, 0.6) is 0 Å². The van der Waals surface area contributed by atoms with Crippen molar-refractivity contribution in [1.82, 2.24) is 0 Å². The zero-order chi connectivity index (χ0) is 12.3. The van der Waals surface area contributed by atoms with Crippen molar-refractivity contribution in [1.29, 1.82) is 0 Å². The van der Waals surface area contributed by atoms with E-state index in [-0.39, 0.29) is 12.2 Å². The molecule has 0 amide bonds. The van der Waals surface area contributed by atoms with Gasteiger partial charge in [-0.2, -0.15) is 0 Å². The summed E-state index contributed by atoms with van der Waals surface area (Å²) < 4.78 is 23.1. The number of carbonyl (C=O) groups excluding carboxylic acids is 1. The van der Waals surface area contributed by atoms with E-state index in [2.05, 4.69) is 0 Å². The second-order valence-corrected chi connectivity index (χ2v) is 6.47. The highest BCUT2D eigenvalue weighted by atomic mass is 32.2. The van der Waals surface area contributed by atoms with Gasteiger partial charge in [0.1, 0.15) is 5.78 Å². The molecule has 0 radical (unpaired) electrons. The summed E-state index contributed by atoms with van der Waals surface area (Å²) in [6.07, 6.45) is 3.28. The van der Waals surface area contributed by atoms with Crippen LogP contribution in [0, 0.1) is 0 Å². The highest BCUT2D eigenvalue weighted by Crippen LogP contribution is 2.26. The molecule has 16 heavy (non-hydrogen) atoms. The van der Waals surface area contributed by atoms with Crippen LogP contribution in [0.3, 0.4) is 0 Å². The molecule has 0 saturated carbocycles. The van der Waals surface area contributed by atoms with E-state index in [1.165, 1.54) is 24.9 Å². The molecule has 0 unspecified atom stereocenters. The number of rotatable bonds is 4. The van der Waals surface area contributed by atoms with Gasteiger partial charge in [-0.3, -0.25) is 4.79 Å². The molecule has 1 rings (SSSR count). The molecule has 1 aromatic carbocycles. The Hall–Kier alpha value is -0.810. The maximum atomic E-state index is 11.6. The van der Waals surface area contributed by atoms with Crippen molar-refractivity contribution in [3.8, 4) is 0 Å². The van der Waals surface area contributed by atoms with Crippen molar-refractivity contribution in [2.75, 3.05) is 12.5 Å². The highest BCUT2D eigenvalue weighted by molar-refractivity contribution is 7.99. The maximum absolute atomic E-state index is 11.6. The monoisotopic (exact) mass is 258 g/mol. The van der Waals surface area contributed by atoms with Crippen molar-refractivity contribution in [3.63, 3.8) is 0 Å². The molecule has 0 aliphatic carbocycles. The number of thioether (sulfide) groups is 1. The molecular weight excluding hydrogens is 244 g/mol. The lowest BCUT2D eigenvalue weighted by atomic mass is 10.1. The van der Waals surface area contributed by atoms with Crippen LogP contribution >= 0.6 is 11.8 Å². The zero-order valence-corrected chi connectivity index (χ0v) is 11.1. The Labute approximate surface area is 100 Å². The molecule has 0 heterocycles. The minimum absolute atomic E-state index is 0.0244. The maximum Gasteiger partial charge on any atom is 0.176 e. The first-order chi connectivity index (χ1) is 7.34. The molecule has 5 heteroatoms. The number of hydrogen-bond acceptors (Lipinski definition) is 4. The van der Waals surface area contributed by atoms with Crippen molar-refractivity contribution in [3.05, 3.63) is 23.8 Å². The van der Waals surface area contributed by atoms with Crippen molar-refractivity contribution >= 4 is 27.4 Å². The Balaban J connectivity index is 3.27. The lowest BCUT2D eigenvalue weighted by Gasteiger charge is -2.07. The quantitative estimate of drug-likeness (QED) is 0.775. The minimum atomic E-state index is -3.24. The van der Waals surface area contributed by atoms with Crippen LogP contribution in [-0.4, -0.2) is 26.7 Å². The molecule has 0 saturated heterocycles. The first-order valence-electron chi connectivity index (χ1n) is 4.71. The first-order valence-corrected chi connectivity index (χ1v) is 7.82. The zero-order valence-electron chi connectivity index (χ0n) is 9.48. The molecule has 0 spiro atoms. The van der Waals surface area contributed by atoms with Crippen LogP contribution in [0.2, 0.25) is 0 Å². The summed E-state index contributed by atoms with van der Waals surface area (Å²) in [6, 6.07) is 5.13. The van der Waals surface area contributed by atoms with E-state index < -0.39 is 9.84 Å². The van der Waals surface area contributed by atoms with Gasteiger partial charge >= 0.3 is 0 Å². The minimum Gasteiger partial charge on any atom is -0.300 e. The summed E-state index contributed by atoms with van der Waals surface area (Å²) in [5.74, 6) is 0.0244. The summed E-state index contributed by atoms with van der Waals surface area (Å²) in [4.78, 5) is 12.0. The van der Waals surface area contributed by atoms with Crippen molar-refractivity contribution in [2.24, 2.45) is 0 Å². The van der Waals surface area contributed by atoms with Crippen molar-refractivity contribution in [2.45, 2.75) is 23.1 Å². The normalized spacial score (nSPS) is 11.4. The van der Waals surface area contributed by atoms with E-state index >= 15 is 0 Å². The molecule has 0 N–H and O–H groups in total. The van der Waals surface area contributed by atoms with Gasteiger partial charge in [0.25, 0.3) is 0 Å². The summed E-state index contributed by atoms with van der Waals surface area (Å²) in [7, 11) is -3.24. The van der Waals surface area contributed by atoms with E-state index in [4.69, 9.17) is 0 Å². The van der Waals surface area contributed by atoms with Crippen LogP contribution in [0.25, 0.3) is 0 Å². The predicted octanol–water partition coefficient (Wildman–Crippen LogP) is 1.94. The standard InChI is InChI=1S/C11H14O3S2/c1-8(12)6-9-4-5-10(15-2)11(7-9)16(3,13)14/h4-5,7H,6H2,1-3H3. The molecule has 0 aliphatic rings. The smallest absolute Gasteiger partial charge is 0.176 e. The fourth-order valence-electron chi connectivity index (χ4n) is 1.41. The highest BCUT2D eigenvalue weighted by Gasteiger charge is 2.13. The molecule has 0 fully saturated rings. The summed E-state index contributed by atoms with van der Waals surface area (Å²) in [5, 5.41) is 0. The van der Waals surface area contributed by atoms with Gasteiger partial charge in [0, 0.05) is 17.6 Å². The molecular formula is C11H14O3S2. The number of Topliss-reactive ketones (excluding diaryl/α,β-unsaturated/α-hetero) is 1. The summed E-state index contributed by atoms with van der Waals surface area (Å²) >= 11 is 1.39. The molecule has 1 aromatic rings. The molecule has 88 valence electrons. The number of sulfone groups is 1. The third-order valence-corrected chi connectivity index (χ3v) is 4.14. The van der Waals surface area contributed by atoms with Crippen LogP contribution in [0.4, 0.5) is 0 Å². The molecule has 3 nitrogen and oxygen atoms in total. The van der Waals surface area contributed by atoms with Gasteiger partial charge in [0.05, 0.1) is 4.90 Å². The Morgan fingerprint density at radius 3 is 2.44 bits per heavy atom. The lowest BCUT2D eigenvalue weighted by molar-refractivity contribution is -0.116. The lowest BCUT2D eigenvalue weighted by Crippen LogP contribution is -2.03. The second-order valence-electron chi connectivity index (χ2n) is 3.64. The second kappa shape index (κ2) is 5.01. The van der Waals surface area contributed by atoms with E-state index in [1.54, 1.807) is 18.2 Å². The molecule has 0 bridgehead atoms. The van der Waals surface area contributed by atoms with E-state index in [0.717, 1.165) is 10.5 Å². The number of ketones is 1. The van der Waals surface area contributed by atoms with Gasteiger partial charge in [-0.1, -0.05) is 6.07 Å². The van der Waals surface area contributed by atoms with Crippen molar-refractivity contribution < 1.29 is 13.2 Å². The number of hydrogen-bond donors (Lipinski definition) is 0. The fraction of sp³-hybridized carbons (Fsp3) is 0.364. The van der Waals surface area contributed by atoms with Crippen LogP contribution in [-0.2, 0) is 21.1 Å². The largest absolute Gasteiger partial charge is 0.300 e. The summed E-state index contributed by atoms with van der Waals surface area (Å²) in [5.41, 5.74) is 0.741. The number of carbonyl (C=O) groups is 1. The fourth-order valence-corrected chi connectivity index (χ4v) is 3.38. The SMILES string of the molecule is CSc1ccc(CC(C)=O)cc1S(C)(=O)=O. The third kappa shape index (κ3) is 3.35. The van der Waals surface area contributed by atoms with E-state index in [9.17, 15) is 13.2 Å². The molecule has 0 aliphatic heterocycles.